The minimum atomic E-state index is -1.64. The zero-order valence-corrected chi connectivity index (χ0v) is 16.0. The number of rotatable bonds is 6. The number of carboxylic acid groups (broad SMARTS) is 1. The largest absolute Gasteiger partial charge is 0.481 e. The van der Waals surface area contributed by atoms with Gasteiger partial charge in [0.25, 0.3) is 0 Å². The lowest BCUT2D eigenvalue weighted by atomic mass is 9.93. The molecule has 30 heavy (non-hydrogen) atoms. The molecule has 0 heterocycles. The number of fused-ring (bicyclic) bond motifs is 3. The molecule has 5 nitrogen and oxygen atoms in total. The van der Waals surface area contributed by atoms with Crippen LogP contribution in [0.3, 0.4) is 0 Å². The Kier molecular flexibility index (Phi) is 5.33. The van der Waals surface area contributed by atoms with E-state index in [0.29, 0.717) is 0 Å². The third-order valence-corrected chi connectivity index (χ3v) is 5.47. The first-order valence-electron chi connectivity index (χ1n) is 9.56. The van der Waals surface area contributed by atoms with Crippen molar-refractivity contribution in [2.24, 2.45) is 11.7 Å². The number of carbonyl (C=O) groups excluding carboxylic acids is 1. The Balaban J connectivity index is 1.55. The van der Waals surface area contributed by atoms with Gasteiger partial charge in [0.05, 0.1) is 6.04 Å². The van der Waals surface area contributed by atoms with Crippen LogP contribution >= 0.6 is 0 Å². The minimum absolute atomic E-state index is 0.00743. The molecule has 152 valence electrons. The Bertz CT molecular complexity index is 1070. The Morgan fingerprint density at radius 1 is 0.967 bits per heavy atom. The molecule has 6 heteroatoms. The maximum Gasteiger partial charge on any atom is 0.322 e. The van der Waals surface area contributed by atoms with Crippen LogP contribution in [0.1, 0.15) is 28.7 Å². The molecule has 1 unspecified atom stereocenters. The summed E-state index contributed by atoms with van der Waals surface area (Å²) in [6.45, 7) is -0.00743. The van der Waals surface area contributed by atoms with Gasteiger partial charge in [0.15, 0.2) is 5.92 Å². The lowest BCUT2D eigenvalue weighted by Crippen LogP contribution is -2.36. The summed E-state index contributed by atoms with van der Waals surface area (Å²) in [6, 6.07) is 19.7. The van der Waals surface area contributed by atoms with E-state index in [0.717, 1.165) is 28.3 Å². The Morgan fingerprint density at radius 2 is 1.57 bits per heavy atom. The highest BCUT2D eigenvalue weighted by Gasteiger charge is 2.37. The molecule has 0 aromatic heterocycles. The van der Waals surface area contributed by atoms with E-state index in [1.807, 2.05) is 48.5 Å². The molecule has 3 N–H and O–H groups in total. The van der Waals surface area contributed by atoms with Gasteiger partial charge in [0, 0.05) is 5.92 Å². The number of carboxylic acids is 1. The van der Waals surface area contributed by atoms with Crippen LogP contribution in [0.5, 0.6) is 0 Å². The first-order chi connectivity index (χ1) is 14.5. The van der Waals surface area contributed by atoms with Gasteiger partial charge in [-0.25, -0.2) is 4.39 Å². The summed E-state index contributed by atoms with van der Waals surface area (Å²) in [5, 5.41) is 9.58. The minimum Gasteiger partial charge on any atom is -0.481 e. The van der Waals surface area contributed by atoms with Crippen molar-refractivity contribution < 1.29 is 23.8 Å². The predicted molar refractivity (Wildman–Crippen MR) is 109 cm³/mol. The van der Waals surface area contributed by atoms with E-state index in [-0.39, 0.29) is 18.1 Å². The van der Waals surface area contributed by atoms with Crippen LogP contribution < -0.4 is 5.73 Å². The third-order valence-electron chi connectivity index (χ3n) is 5.47. The van der Waals surface area contributed by atoms with Crippen molar-refractivity contribution in [1.29, 1.82) is 0 Å². The fourth-order valence-corrected chi connectivity index (χ4v) is 4.00. The molecule has 2 atom stereocenters. The number of esters is 1. The second-order valence-corrected chi connectivity index (χ2v) is 7.25. The number of ether oxygens (including phenoxy) is 1. The normalized spacial score (nSPS) is 14.5. The van der Waals surface area contributed by atoms with E-state index in [2.05, 4.69) is 0 Å². The number of hydrogen-bond acceptors (Lipinski definition) is 4. The van der Waals surface area contributed by atoms with E-state index in [1.54, 1.807) is 0 Å². The van der Waals surface area contributed by atoms with Crippen LogP contribution in [-0.2, 0) is 14.3 Å². The summed E-state index contributed by atoms with van der Waals surface area (Å²) in [7, 11) is 0. The van der Waals surface area contributed by atoms with E-state index in [4.69, 9.17) is 10.5 Å². The standard InChI is InChI=1S/C24H20FNO4/c25-15-7-5-6-14(12-15)22(26)21(23(27)28)24(29)30-13-20-18-10-3-1-8-16(18)17-9-2-4-11-19(17)20/h1-12,20-22H,13,26H2,(H,27,28)/t21-,22?/m1/s1. The van der Waals surface area contributed by atoms with Crippen LogP contribution in [0, 0.1) is 11.7 Å². The maximum atomic E-state index is 13.5. The van der Waals surface area contributed by atoms with Gasteiger partial charge in [0.1, 0.15) is 12.4 Å². The predicted octanol–water partition coefficient (Wildman–Crippen LogP) is 3.88. The zero-order valence-electron chi connectivity index (χ0n) is 16.0. The van der Waals surface area contributed by atoms with Crippen molar-refractivity contribution in [2.45, 2.75) is 12.0 Å². The van der Waals surface area contributed by atoms with Gasteiger partial charge in [0.2, 0.25) is 0 Å². The molecule has 1 aliphatic carbocycles. The molecule has 3 aromatic carbocycles. The summed E-state index contributed by atoms with van der Waals surface area (Å²) < 4.78 is 19.0. The number of aliphatic carboxylic acids is 1. The molecule has 1 aliphatic rings. The fourth-order valence-electron chi connectivity index (χ4n) is 4.00. The molecular weight excluding hydrogens is 385 g/mol. The fraction of sp³-hybridized carbons (Fsp3) is 0.167. The van der Waals surface area contributed by atoms with E-state index < -0.39 is 29.7 Å². The van der Waals surface area contributed by atoms with E-state index >= 15 is 0 Å². The summed E-state index contributed by atoms with van der Waals surface area (Å²) in [6.07, 6.45) is 0. The number of halogens is 1. The SMILES string of the molecule is NC(c1cccc(F)c1)[C@H](C(=O)O)C(=O)OCC1c2ccccc2-c2ccccc21. The Labute approximate surface area is 172 Å². The van der Waals surface area contributed by atoms with Gasteiger partial charge in [-0.1, -0.05) is 60.7 Å². The highest BCUT2D eigenvalue weighted by Crippen LogP contribution is 2.44. The summed E-state index contributed by atoms with van der Waals surface area (Å²) in [4.78, 5) is 24.4. The lowest BCUT2D eigenvalue weighted by Gasteiger charge is -2.21. The molecule has 0 spiro atoms. The highest BCUT2D eigenvalue weighted by atomic mass is 19.1. The van der Waals surface area contributed by atoms with Crippen LogP contribution in [0.2, 0.25) is 0 Å². The van der Waals surface area contributed by atoms with Crippen LogP contribution in [0.4, 0.5) is 4.39 Å². The average Bonchev–Trinajstić information content (AvgIpc) is 3.06. The molecule has 0 amide bonds. The molecular formula is C24H20FNO4. The van der Waals surface area contributed by atoms with Gasteiger partial charge in [-0.05, 0) is 39.9 Å². The second-order valence-electron chi connectivity index (χ2n) is 7.25. The molecule has 0 radical (unpaired) electrons. The smallest absolute Gasteiger partial charge is 0.322 e. The second kappa shape index (κ2) is 8.08. The third kappa shape index (κ3) is 3.57. The number of benzene rings is 3. The van der Waals surface area contributed by atoms with Crippen molar-refractivity contribution in [3.8, 4) is 11.1 Å². The molecule has 0 saturated heterocycles. The van der Waals surface area contributed by atoms with E-state index in [9.17, 15) is 19.1 Å². The quantitative estimate of drug-likeness (QED) is 0.480. The summed E-state index contributed by atoms with van der Waals surface area (Å²) in [5.74, 6) is -4.75. The molecule has 0 saturated carbocycles. The van der Waals surface area contributed by atoms with Gasteiger partial charge in [-0.3, -0.25) is 9.59 Å². The van der Waals surface area contributed by atoms with Crippen LogP contribution in [0.25, 0.3) is 11.1 Å². The van der Waals surface area contributed by atoms with Gasteiger partial charge in [-0.2, -0.15) is 0 Å². The Hall–Kier alpha value is -3.51. The maximum absolute atomic E-state index is 13.5. The summed E-state index contributed by atoms with van der Waals surface area (Å²) in [5.41, 5.74) is 10.4. The lowest BCUT2D eigenvalue weighted by molar-refractivity contribution is -0.160. The van der Waals surface area contributed by atoms with Crippen molar-refractivity contribution >= 4 is 11.9 Å². The molecule has 3 aromatic rings. The van der Waals surface area contributed by atoms with Gasteiger partial charge in [-0.15, -0.1) is 0 Å². The average molecular weight is 405 g/mol. The number of hydrogen-bond donors (Lipinski definition) is 2. The van der Waals surface area contributed by atoms with Crippen LogP contribution in [0.15, 0.2) is 72.8 Å². The van der Waals surface area contributed by atoms with Crippen molar-refractivity contribution in [1.82, 2.24) is 0 Å². The molecule has 0 bridgehead atoms. The zero-order chi connectivity index (χ0) is 21.3. The van der Waals surface area contributed by atoms with Crippen molar-refractivity contribution in [3.63, 3.8) is 0 Å². The first-order valence-corrected chi connectivity index (χ1v) is 9.56. The first kappa shape index (κ1) is 19.8. The van der Waals surface area contributed by atoms with Gasteiger partial charge >= 0.3 is 11.9 Å². The monoisotopic (exact) mass is 405 g/mol. The Morgan fingerprint density at radius 3 is 2.13 bits per heavy atom. The molecule has 0 aliphatic heterocycles. The van der Waals surface area contributed by atoms with Gasteiger partial charge < -0.3 is 15.6 Å². The topological polar surface area (TPSA) is 89.6 Å². The molecule has 4 rings (SSSR count). The highest BCUT2D eigenvalue weighted by molar-refractivity contribution is 5.95. The van der Waals surface area contributed by atoms with Crippen molar-refractivity contribution in [2.75, 3.05) is 6.61 Å². The number of carbonyl (C=O) groups is 2. The summed E-state index contributed by atoms with van der Waals surface area (Å²) >= 11 is 0. The molecule has 0 fully saturated rings. The van der Waals surface area contributed by atoms with Crippen LogP contribution in [-0.4, -0.2) is 23.7 Å². The van der Waals surface area contributed by atoms with E-state index in [1.165, 1.54) is 18.2 Å². The number of nitrogens with two attached hydrogens (primary N) is 1. The van der Waals surface area contributed by atoms with Crippen molar-refractivity contribution in [3.05, 3.63) is 95.3 Å².